The zero-order chi connectivity index (χ0) is 21.2. The smallest absolute Gasteiger partial charge is 0.341 e. The first-order valence-electron chi connectivity index (χ1n) is 9.95. The molecule has 1 atom stereocenters. The zero-order valence-electron chi connectivity index (χ0n) is 16.9. The summed E-state index contributed by atoms with van der Waals surface area (Å²) in [6.07, 6.45) is 5.32. The summed E-state index contributed by atoms with van der Waals surface area (Å²) in [5, 5.41) is 17.0. The molecule has 0 aliphatic heterocycles. The molecular weight excluding hydrogens is 378 g/mol. The second-order valence-corrected chi connectivity index (χ2v) is 7.15. The molecule has 1 amide bonds. The lowest BCUT2D eigenvalue weighted by molar-refractivity contribution is -0.384. The maximum absolute atomic E-state index is 12.6. The van der Waals surface area contributed by atoms with Crippen LogP contribution in [-0.4, -0.2) is 49.2 Å². The monoisotopic (exact) mass is 407 g/mol. The molecule has 2 N–H and O–H groups in total. The van der Waals surface area contributed by atoms with Crippen molar-refractivity contribution in [3.05, 3.63) is 33.9 Å². The van der Waals surface area contributed by atoms with Crippen molar-refractivity contribution in [2.24, 2.45) is 0 Å². The molecule has 2 rings (SSSR count). The molecule has 0 unspecified atom stereocenters. The Hall–Kier alpha value is -2.68. The maximum Gasteiger partial charge on any atom is 0.341 e. The number of nitro groups is 1. The molecule has 0 radical (unpaired) electrons. The van der Waals surface area contributed by atoms with E-state index in [-0.39, 0.29) is 23.2 Å². The van der Waals surface area contributed by atoms with Gasteiger partial charge in [-0.25, -0.2) is 4.79 Å². The molecule has 0 heterocycles. The quantitative estimate of drug-likeness (QED) is 0.212. The molecule has 1 aliphatic rings. The predicted octanol–water partition coefficient (Wildman–Crippen LogP) is 3.04. The molecule has 1 fully saturated rings. The number of hydrogen-bond donors (Lipinski definition) is 2. The summed E-state index contributed by atoms with van der Waals surface area (Å²) >= 11 is 0. The number of carbonyl (C=O) groups is 2. The second kappa shape index (κ2) is 11.4. The van der Waals surface area contributed by atoms with Crippen LogP contribution in [0, 0.1) is 10.1 Å². The van der Waals surface area contributed by atoms with Gasteiger partial charge in [-0.3, -0.25) is 14.9 Å². The van der Waals surface area contributed by atoms with Crippen LogP contribution in [0.3, 0.4) is 0 Å². The third-order valence-electron chi connectivity index (χ3n) is 4.91. The number of rotatable bonds is 9. The van der Waals surface area contributed by atoms with E-state index in [1.54, 1.807) is 7.11 Å². The molecule has 9 nitrogen and oxygen atoms in total. The van der Waals surface area contributed by atoms with Gasteiger partial charge in [-0.2, -0.15) is 0 Å². The number of amides is 1. The minimum atomic E-state index is -1.00. The highest BCUT2D eigenvalue weighted by Gasteiger charge is 2.25. The predicted molar refractivity (Wildman–Crippen MR) is 108 cm³/mol. The molecule has 0 spiro atoms. The highest BCUT2D eigenvalue weighted by atomic mass is 16.6. The van der Waals surface area contributed by atoms with Crippen molar-refractivity contribution in [2.75, 3.05) is 25.6 Å². The molecule has 1 aromatic rings. The fourth-order valence-electron chi connectivity index (χ4n) is 3.28. The number of nitrogens with zero attached hydrogens (tertiary/aromatic N) is 1. The highest BCUT2D eigenvalue weighted by molar-refractivity contribution is 5.98. The lowest BCUT2D eigenvalue weighted by atomic mass is 10.1. The topological polar surface area (TPSA) is 120 Å². The zero-order valence-corrected chi connectivity index (χ0v) is 16.9. The van der Waals surface area contributed by atoms with Gasteiger partial charge in [0.2, 0.25) is 0 Å². The molecule has 1 saturated carbocycles. The van der Waals surface area contributed by atoms with E-state index < -0.39 is 17.0 Å². The van der Waals surface area contributed by atoms with Gasteiger partial charge >= 0.3 is 5.97 Å². The van der Waals surface area contributed by atoms with Crippen LogP contribution in [-0.2, 0) is 14.3 Å². The molecule has 0 saturated heterocycles. The average Bonchev–Trinajstić information content (AvgIpc) is 2.96. The van der Waals surface area contributed by atoms with Crippen LogP contribution in [0.1, 0.15) is 55.8 Å². The van der Waals surface area contributed by atoms with E-state index in [0.717, 1.165) is 31.7 Å². The van der Waals surface area contributed by atoms with Crippen molar-refractivity contribution < 1.29 is 24.0 Å². The van der Waals surface area contributed by atoms with Crippen LogP contribution < -0.4 is 10.6 Å². The Bertz CT molecular complexity index is 716. The van der Waals surface area contributed by atoms with Crippen LogP contribution in [0.15, 0.2) is 18.2 Å². The Kier molecular flexibility index (Phi) is 8.85. The number of benzene rings is 1. The van der Waals surface area contributed by atoms with E-state index in [1.807, 2.05) is 0 Å². The normalized spacial score (nSPS) is 15.8. The fourth-order valence-corrected chi connectivity index (χ4v) is 3.28. The lowest BCUT2D eigenvalue weighted by Gasteiger charge is -2.20. The molecule has 160 valence electrons. The van der Waals surface area contributed by atoms with Gasteiger partial charge in [-0.1, -0.05) is 25.7 Å². The van der Waals surface area contributed by atoms with Crippen molar-refractivity contribution in [2.45, 2.75) is 57.6 Å². The number of ether oxygens (including phenoxy) is 2. The fraction of sp³-hybridized carbons (Fsp3) is 0.600. The Morgan fingerprint density at radius 2 is 1.93 bits per heavy atom. The first-order valence-corrected chi connectivity index (χ1v) is 9.95. The van der Waals surface area contributed by atoms with E-state index in [9.17, 15) is 19.7 Å². The highest BCUT2D eigenvalue weighted by Crippen LogP contribution is 2.24. The largest absolute Gasteiger partial charge is 0.449 e. The molecule has 0 bridgehead atoms. The minimum absolute atomic E-state index is 0.00409. The van der Waals surface area contributed by atoms with E-state index >= 15 is 0 Å². The van der Waals surface area contributed by atoms with Gasteiger partial charge in [0.25, 0.3) is 11.6 Å². The van der Waals surface area contributed by atoms with Crippen molar-refractivity contribution in [1.29, 1.82) is 0 Å². The van der Waals surface area contributed by atoms with E-state index in [0.29, 0.717) is 18.8 Å². The average molecular weight is 407 g/mol. The lowest BCUT2D eigenvalue weighted by Crippen LogP contribution is -2.41. The summed E-state index contributed by atoms with van der Waals surface area (Å²) < 4.78 is 10.3. The summed E-state index contributed by atoms with van der Waals surface area (Å²) in [4.78, 5) is 35.6. The van der Waals surface area contributed by atoms with Gasteiger partial charge in [-0.05, 0) is 25.8 Å². The summed E-state index contributed by atoms with van der Waals surface area (Å²) in [5.74, 6) is -1.15. The van der Waals surface area contributed by atoms with Crippen LogP contribution >= 0.6 is 0 Å². The molecular formula is C20H29N3O6. The number of anilines is 1. The SMILES string of the molecule is COCCNc1ccc([N+](=O)[O-])cc1C(=O)O[C@@H](C)C(=O)NC1CCCCCC1. The first kappa shape index (κ1) is 22.6. The summed E-state index contributed by atoms with van der Waals surface area (Å²) in [5.41, 5.74) is 0.156. The van der Waals surface area contributed by atoms with E-state index in [4.69, 9.17) is 9.47 Å². The summed E-state index contributed by atoms with van der Waals surface area (Å²) in [7, 11) is 1.54. The number of nitrogens with one attached hydrogen (secondary N) is 2. The molecule has 0 aromatic heterocycles. The molecule has 9 heteroatoms. The third-order valence-corrected chi connectivity index (χ3v) is 4.91. The van der Waals surface area contributed by atoms with Gasteiger partial charge in [0.05, 0.1) is 17.1 Å². The minimum Gasteiger partial charge on any atom is -0.449 e. The number of hydrogen-bond acceptors (Lipinski definition) is 7. The second-order valence-electron chi connectivity index (χ2n) is 7.15. The van der Waals surface area contributed by atoms with Crippen molar-refractivity contribution in [1.82, 2.24) is 5.32 Å². The number of esters is 1. The number of carbonyl (C=O) groups excluding carboxylic acids is 2. The maximum atomic E-state index is 12.6. The van der Waals surface area contributed by atoms with Gasteiger partial charge in [0.15, 0.2) is 6.10 Å². The number of methoxy groups -OCH3 is 1. The van der Waals surface area contributed by atoms with Gasteiger partial charge in [-0.15, -0.1) is 0 Å². The Morgan fingerprint density at radius 1 is 1.24 bits per heavy atom. The van der Waals surface area contributed by atoms with Crippen molar-refractivity contribution in [3.63, 3.8) is 0 Å². The molecule has 1 aliphatic carbocycles. The van der Waals surface area contributed by atoms with Gasteiger partial charge < -0.3 is 20.1 Å². The molecule has 29 heavy (non-hydrogen) atoms. The van der Waals surface area contributed by atoms with Crippen molar-refractivity contribution >= 4 is 23.3 Å². The van der Waals surface area contributed by atoms with Crippen LogP contribution in [0.2, 0.25) is 0 Å². The van der Waals surface area contributed by atoms with Crippen LogP contribution in [0.4, 0.5) is 11.4 Å². The van der Waals surface area contributed by atoms with Crippen LogP contribution in [0.25, 0.3) is 0 Å². The van der Waals surface area contributed by atoms with Gasteiger partial charge in [0.1, 0.15) is 0 Å². The Labute approximate surface area is 170 Å². The van der Waals surface area contributed by atoms with E-state index in [2.05, 4.69) is 10.6 Å². The van der Waals surface area contributed by atoms with Crippen LogP contribution in [0.5, 0.6) is 0 Å². The summed E-state index contributed by atoms with van der Waals surface area (Å²) in [6.45, 7) is 2.30. The first-order chi connectivity index (χ1) is 13.9. The standard InChI is InChI=1S/C20H29N3O6/c1-14(19(24)22-15-7-5-3-4-6-8-15)29-20(25)17-13-16(23(26)27)9-10-18(17)21-11-12-28-2/h9-10,13-15,21H,3-8,11-12H2,1-2H3,(H,22,24)/t14-/m0/s1. The van der Waals surface area contributed by atoms with E-state index in [1.165, 1.54) is 31.9 Å². The number of nitro benzene ring substituents is 1. The summed E-state index contributed by atoms with van der Waals surface area (Å²) in [6, 6.07) is 3.98. The Balaban J connectivity index is 2.05. The molecule has 1 aromatic carbocycles. The van der Waals surface area contributed by atoms with Crippen molar-refractivity contribution in [3.8, 4) is 0 Å². The third kappa shape index (κ3) is 7.01. The Morgan fingerprint density at radius 3 is 2.55 bits per heavy atom. The number of non-ortho nitro benzene ring substituents is 1. The van der Waals surface area contributed by atoms with Gasteiger partial charge in [0, 0.05) is 37.5 Å².